The molecule has 0 bridgehead atoms. The third kappa shape index (κ3) is 5.40. The van der Waals surface area contributed by atoms with Crippen molar-refractivity contribution in [3.8, 4) is 11.3 Å². The molecule has 3 aliphatic heterocycles. The van der Waals surface area contributed by atoms with Gasteiger partial charge in [-0.05, 0) is 78.0 Å². The molecule has 4 nitrogen and oxygen atoms in total. The van der Waals surface area contributed by atoms with Gasteiger partial charge in [-0.3, -0.25) is 4.90 Å². The molecular formula is C38H49N3O. The normalized spacial score (nSPS) is 18.7. The highest BCUT2D eigenvalue weighted by Crippen LogP contribution is 2.45. The van der Waals surface area contributed by atoms with E-state index in [9.17, 15) is 0 Å². The lowest BCUT2D eigenvalue weighted by Gasteiger charge is -2.41. The fourth-order valence-electron chi connectivity index (χ4n) is 7.63. The van der Waals surface area contributed by atoms with Crippen LogP contribution in [0.3, 0.4) is 0 Å². The van der Waals surface area contributed by atoms with Crippen LogP contribution in [-0.2, 0) is 11.3 Å². The Bertz CT molecular complexity index is 1480. The second-order valence-electron chi connectivity index (χ2n) is 12.5. The number of hydrogen-bond acceptors (Lipinski definition) is 3. The molecule has 0 spiro atoms. The summed E-state index contributed by atoms with van der Waals surface area (Å²) in [6.07, 6.45) is 9.34. The quantitative estimate of drug-likeness (QED) is 0.260. The summed E-state index contributed by atoms with van der Waals surface area (Å²) in [4.78, 5) is 5.20. The van der Waals surface area contributed by atoms with E-state index in [1.165, 1.54) is 81.4 Å². The Morgan fingerprint density at radius 3 is 2.45 bits per heavy atom. The molecule has 2 saturated heterocycles. The van der Waals surface area contributed by atoms with Crippen LogP contribution in [0.25, 0.3) is 33.8 Å². The van der Waals surface area contributed by atoms with Crippen LogP contribution >= 0.6 is 0 Å². The third-order valence-electron chi connectivity index (χ3n) is 10.1. The van der Waals surface area contributed by atoms with E-state index in [0.29, 0.717) is 12.0 Å². The Hall–Kier alpha value is -3.08. The number of benzene rings is 2. The minimum atomic E-state index is 0.533. The molecule has 0 radical (unpaired) electrons. The van der Waals surface area contributed by atoms with Gasteiger partial charge in [0.05, 0.1) is 25.5 Å². The molecule has 1 atom stereocenters. The van der Waals surface area contributed by atoms with Gasteiger partial charge in [0.15, 0.2) is 0 Å². The van der Waals surface area contributed by atoms with Gasteiger partial charge < -0.3 is 14.2 Å². The van der Waals surface area contributed by atoms with E-state index < -0.39 is 0 Å². The average molecular weight is 564 g/mol. The van der Waals surface area contributed by atoms with Crippen LogP contribution in [0.2, 0.25) is 0 Å². The zero-order chi connectivity index (χ0) is 29.2. The van der Waals surface area contributed by atoms with Gasteiger partial charge in [-0.1, -0.05) is 76.7 Å². The fraction of sp³-hybridized carbons (Fsp3) is 0.474. The number of hydrogen-bond donors (Lipinski definition) is 0. The van der Waals surface area contributed by atoms with E-state index in [4.69, 9.17) is 11.3 Å². The van der Waals surface area contributed by atoms with Crippen LogP contribution in [0, 0.1) is 0 Å². The Labute approximate surface area is 253 Å². The number of piperidine rings is 1. The third-order valence-corrected chi connectivity index (χ3v) is 10.1. The maximum atomic E-state index is 5.61. The number of nitrogens with zero attached hydrogens (tertiary/aromatic N) is 3. The van der Waals surface area contributed by atoms with Gasteiger partial charge in [0.2, 0.25) is 0 Å². The number of aromatic nitrogens is 1. The Morgan fingerprint density at radius 1 is 0.976 bits per heavy atom. The number of likely N-dealkylation sites (tertiary alicyclic amines) is 1. The van der Waals surface area contributed by atoms with E-state index in [1.54, 1.807) is 0 Å². The highest BCUT2D eigenvalue weighted by Gasteiger charge is 2.30. The monoisotopic (exact) mass is 563 g/mol. The number of ether oxygens (including phenoxy) is 1. The van der Waals surface area contributed by atoms with Gasteiger partial charge in [0.1, 0.15) is 0 Å². The van der Waals surface area contributed by atoms with Crippen molar-refractivity contribution in [2.75, 3.05) is 39.4 Å². The first-order valence-electron chi connectivity index (χ1n) is 16.4. The molecule has 0 N–H and O–H groups in total. The summed E-state index contributed by atoms with van der Waals surface area (Å²) in [5, 5.41) is 1.41. The molecule has 2 aromatic carbocycles. The van der Waals surface area contributed by atoms with Crippen LogP contribution in [0.5, 0.6) is 0 Å². The molecular weight excluding hydrogens is 514 g/mol. The minimum absolute atomic E-state index is 0.533. The van der Waals surface area contributed by atoms with Crippen molar-refractivity contribution in [1.82, 2.24) is 14.4 Å². The van der Waals surface area contributed by atoms with Crippen molar-refractivity contribution in [2.24, 2.45) is 0 Å². The maximum Gasteiger partial charge on any atom is 0.0594 e. The number of fused-ring (bicyclic) bond motifs is 5. The van der Waals surface area contributed by atoms with Crippen LogP contribution < -0.4 is 0 Å². The second kappa shape index (κ2) is 12.7. The molecule has 42 heavy (non-hydrogen) atoms. The number of rotatable bonds is 9. The van der Waals surface area contributed by atoms with Crippen LogP contribution in [0.15, 0.2) is 66.9 Å². The van der Waals surface area contributed by atoms with Crippen molar-refractivity contribution >= 4 is 22.6 Å². The van der Waals surface area contributed by atoms with Crippen LogP contribution in [-0.4, -0.2) is 59.8 Å². The van der Waals surface area contributed by atoms with Gasteiger partial charge in [-0.2, -0.15) is 0 Å². The summed E-state index contributed by atoms with van der Waals surface area (Å²) in [6, 6.07) is 16.8. The minimum Gasteiger partial charge on any atom is -0.379 e. The summed E-state index contributed by atoms with van der Waals surface area (Å²) in [6.45, 7) is 22.9. The first-order chi connectivity index (χ1) is 20.5. The highest BCUT2D eigenvalue weighted by molar-refractivity contribution is 5.96. The van der Waals surface area contributed by atoms with E-state index >= 15 is 0 Å². The molecule has 0 amide bonds. The standard InChI is InChI=1S/C38H49N3O/c1-6-11-29(8-3)37-35-15-14-30(27(4)7-2)25-36(35)41-26-32(24-31-12-9-10-13-34(31)38(37)41)28(5)39-18-16-33(17-19-39)40-20-22-42-23-21-40/h9-10,12-15,24-25,29,33H,4-8,11,16-23,26H2,1-3H3. The molecule has 0 aliphatic carbocycles. The lowest BCUT2D eigenvalue weighted by Crippen LogP contribution is -2.48. The van der Waals surface area contributed by atoms with E-state index in [1.807, 2.05) is 0 Å². The van der Waals surface area contributed by atoms with E-state index in [-0.39, 0.29) is 0 Å². The zero-order valence-corrected chi connectivity index (χ0v) is 26.1. The molecule has 2 fully saturated rings. The molecule has 1 aromatic heterocycles. The fourth-order valence-corrected chi connectivity index (χ4v) is 7.63. The molecule has 3 aliphatic rings. The topological polar surface area (TPSA) is 20.6 Å². The number of morpholine rings is 1. The maximum absolute atomic E-state index is 5.61. The van der Waals surface area contributed by atoms with Crippen molar-refractivity contribution in [3.63, 3.8) is 0 Å². The largest absolute Gasteiger partial charge is 0.379 e. The summed E-state index contributed by atoms with van der Waals surface area (Å²) in [7, 11) is 0. The van der Waals surface area contributed by atoms with Crippen LogP contribution in [0.1, 0.15) is 81.9 Å². The van der Waals surface area contributed by atoms with Crippen molar-refractivity contribution in [3.05, 3.63) is 83.6 Å². The second-order valence-corrected chi connectivity index (χ2v) is 12.5. The van der Waals surface area contributed by atoms with Gasteiger partial charge in [-0.25, -0.2) is 0 Å². The lowest BCUT2D eigenvalue weighted by molar-refractivity contribution is 0.00360. The van der Waals surface area contributed by atoms with Crippen molar-refractivity contribution in [2.45, 2.75) is 77.8 Å². The molecule has 4 heterocycles. The predicted octanol–water partition coefficient (Wildman–Crippen LogP) is 8.73. The predicted molar refractivity (Wildman–Crippen MR) is 179 cm³/mol. The van der Waals surface area contributed by atoms with Crippen molar-refractivity contribution in [1.29, 1.82) is 0 Å². The summed E-state index contributed by atoms with van der Waals surface area (Å²) in [5.41, 5.74) is 11.9. The Kier molecular flexibility index (Phi) is 8.74. The highest BCUT2D eigenvalue weighted by atomic mass is 16.5. The zero-order valence-electron chi connectivity index (χ0n) is 26.1. The van der Waals surface area contributed by atoms with Gasteiger partial charge in [0.25, 0.3) is 0 Å². The van der Waals surface area contributed by atoms with Gasteiger partial charge in [0, 0.05) is 54.4 Å². The molecule has 6 rings (SSSR count). The SMILES string of the molecule is C=C(CC)c1ccc2c(C(CC)CCC)c3n(c2c1)CC(C(=C)N1CCC(N2CCOCC2)CC1)=Cc1ccccc1-3. The van der Waals surface area contributed by atoms with Gasteiger partial charge in [-0.15, -0.1) is 0 Å². The first kappa shape index (κ1) is 29.0. The first-order valence-corrected chi connectivity index (χ1v) is 16.4. The molecule has 1 unspecified atom stereocenters. The summed E-state index contributed by atoms with van der Waals surface area (Å²) < 4.78 is 8.24. The average Bonchev–Trinajstić information content (AvgIpc) is 3.25. The summed E-state index contributed by atoms with van der Waals surface area (Å²) in [5.74, 6) is 0.533. The summed E-state index contributed by atoms with van der Waals surface area (Å²) >= 11 is 0. The van der Waals surface area contributed by atoms with E-state index in [2.05, 4.69) is 90.3 Å². The van der Waals surface area contributed by atoms with Gasteiger partial charge >= 0.3 is 0 Å². The van der Waals surface area contributed by atoms with E-state index in [0.717, 1.165) is 58.8 Å². The Morgan fingerprint density at radius 2 is 1.74 bits per heavy atom. The molecule has 4 heteroatoms. The molecule has 0 saturated carbocycles. The smallest absolute Gasteiger partial charge is 0.0594 e. The molecule has 222 valence electrons. The Balaban J connectivity index is 1.41. The molecule has 3 aromatic rings. The lowest BCUT2D eigenvalue weighted by atomic mass is 9.87. The van der Waals surface area contributed by atoms with Crippen molar-refractivity contribution < 1.29 is 4.74 Å². The number of allylic oxidation sites excluding steroid dienone is 2. The van der Waals surface area contributed by atoms with Crippen LogP contribution in [0.4, 0.5) is 0 Å².